The molecular formula is C41H56N6O7S2. The van der Waals surface area contributed by atoms with Gasteiger partial charge in [0.2, 0.25) is 35.3 Å². The molecule has 0 bridgehead atoms. The molecule has 4 N–H and O–H groups in total. The maximum atomic E-state index is 14.6. The summed E-state index contributed by atoms with van der Waals surface area (Å²) in [5, 5.41) is 10.7. The standard InChI is InChI=1S/C41H56N6O7S2/c1-8-16-29(33(49)37(52)42-24-31(48)44-32(38(53)46(6)7)28-19-13-10-14-20-28)43-36(51)30-23-41(55-21-15-22-56-41)25-47(30)39(54)34(40(3,4)5)45-35(50)26(2)27-17-11-9-12-18-27/h9-14,17-20,26,29-30,32,34H,8,15-16,21-25H2,1-7H3,(H,42,52)(H,43,51)(H,44,48)(H,45,50)/t26-,29?,30-,32-,34+/m0/s1. The fourth-order valence-corrected chi connectivity index (χ4v) is 10.1. The topological polar surface area (TPSA) is 174 Å². The molecule has 1 unspecified atom stereocenters. The first-order valence-corrected chi connectivity index (χ1v) is 21.1. The fourth-order valence-electron chi connectivity index (χ4n) is 6.74. The van der Waals surface area contributed by atoms with Crippen LogP contribution in [0.1, 0.15) is 83.4 Å². The molecule has 2 fully saturated rings. The summed E-state index contributed by atoms with van der Waals surface area (Å²) in [5.74, 6) is -3.10. The van der Waals surface area contributed by atoms with Crippen molar-refractivity contribution < 1.29 is 33.6 Å². The number of carbonyl (C=O) groups excluding carboxylic acids is 7. The Morgan fingerprint density at radius 2 is 1.46 bits per heavy atom. The number of Topliss-reactive ketones (excluding diaryl/α,β-unsaturated/α-hetero) is 1. The van der Waals surface area contributed by atoms with E-state index in [0.29, 0.717) is 18.4 Å². The van der Waals surface area contributed by atoms with Crippen molar-refractivity contribution >= 4 is 64.8 Å². The Morgan fingerprint density at radius 3 is 2.02 bits per heavy atom. The quantitative estimate of drug-likeness (QED) is 0.197. The number of likely N-dealkylation sites (N-methyl/N-ethyl adjacent to an activating group) is 1. The van der Waals surface area contributed by atoms with Gasteiger partial charge in [0.25, 0.3) is 5.91 Å². The van der Waals surface area contributed by atoms with Crippen LogP contribution in [-0.2, 0) is 33.6 Å². The summed E-state index contributed by atoms with van der Waals surface area (Å²) in [6.45, 7) is 8.89. The highest BCUT2D eigenvalue weighted by molar-refractivity contribution is 8.18. The summed E-state index contributed by atoms with van der Waals surface area (Å²) in [5.41, 5.74) is 0.653. The van der Waals surface area contributed by atoms with E-state index in [1.807, 2.05) is 58.0 Å². The van der Waals surface area contributed by atoms with Gasteiger partial charge in [0.1, 0.15) is 18.1 Å². The first kappa shape index (κ1) is 44.3. The first-order valence-electron chi connectivity index (χ1n) is 19.1. The molecule has 56 heavy (non-hydrogen) atoms. The SMILES string of the molecule is CCCC(NC(=O)[C@@H]1CC2(CN1C(=O)[C@@H](NC(=O)[C@@H](C)c1ccccc1)C(C)(C)C)SCCCS2)C(=O)C(=O)NCC(=O)N[C@H](C(=O)N(C)C)c1ccccc1. The van der Waals surface area contributed by atoms with Gasteiger partial charge >= 0.3 is 0 Å². The third kappa shape index (κ3) is 11.4. The number of rotatable bonds is 15. The molecule has 2 saturated heterocycles. The molecule has 0 saturated carbocycles. The van der Waals surface area contributed by atoms with Gasteiger partial charge in [-0.15, -0.1) is 23.5 Å². The van der Waals surface area contributed by atoms with Gasteiger partial charge in [0, 0.05) is 27.1 Å². The van der Waals surface area contributed by atoms with E-state index in [2.05, 4.69) is 21.3 Å². The van der Waals surface area contributed by atoms with Crippen LogP contribution >= 0.6 is 23.5 Å². The van der Waals surface area contributed by atoms with E-state index in [-0.39, 0.29) is 24.8 Å². The number of amides is 6. The van der Waals surface area contributed by atoms with Crippen LogP contribution in [0.4, 0.5) is 0 Å². The summed E-state index contributed by atoms with van der Waals surface area (Å²) in [4.78, 5) is 97.8. The van der Waals surface area contributed by atoms with Crippen molar-refractivity contribution in [1.82, 2.24) is 31.1 Å². The Bertz CT molecular complexity index is 1730. The second-order valence-corrected chi connectivity index (χ2v) is 18.8. The molecule has 0 aromatic heterocycles. The summed E-state index contributed by atoms with van der Waals surface area (Å²) >= 11 is 3.43. The molecule has 1 spiro atoms. The summed E-state index contributed by atoms with van der Waals surface area (Å²) < 4.78 is -0.444. The number of ketones is 1. The van der Waals surface area contributed by atoms with Gasteiger partial charge in [-0.2, -0.15) is 0 Å². The van der Waals surface area contributed by atoms with Crippen LogP contribution in [0.15, 0.2) is 60.7 Å². The summed E-state index contributed by atoms with van der Waals surface area (Å²) in [6.07, 6.45) is 1.93. The van der Waals surface area contributed by atoms with Crippen molar-refractivity contribution in [3.05, 3.63) is 71.8 Å². The largest absolute Gasteiger partial charge is 0.347 e. The zero-order valence-electron chi connectivity index (χ0n) is 33.4. The monoisotopic (exact) mass is 808 g/mol. The smallest absolute Gasteiger partial charge is 0.290 e. The third-order valence-corrected chi connectivity index (χ3v) is 13.3. The summed E-state index contributed by atoms with van der Waals surface area (Å²) in [6, 6.07) is 13.8. The number of nitrogens with one attached hydrogen (secondary N) is 4. The molecule has 4 rings (SSSR count). The predicted molar refractivity (Wildman–Crippen MR) is 219 cm³/mol. The second kappa shape index (κ2) is 19.7. The molecule has 0 radical (unpaired) electrons. The molecule has 2 aromatic rings. The van der Waals surface area contributed by atoms with Crippen LogP contribution in [-0.4, -0.2) is 112 Å². The predicted octanol–water partition coefficient (Wildman–Crippen LogP) is 3.40. The van der Waals surface area contributed by atoms with Crippen LogP contribution in [0.5, 0.6) is 0 Å². The molecule has 2 heterocycles. The van der Waals surface area contributed by atoms with E-state index in [1.165, 1.54) is 4.90 Å². The fraction of sp³-hybridized carbons (Fsp3) is 0.537. The van der Waals surface area contributed by atoms with Crippen molar-refractivity contribution in [2.45, 2.75) is 94.5 Å². The van der Waals surface area contributed by atoms with Gasteiger partial charge in [0.15, 0.2) is 0 Å². The number of nitrogens with zero attached hydrogens (tertiary/aromatic N) is 2. The van der Waals surface area contributed by atoms with Crippen LogP contribution < -0.4 is 21.3 Å². The highest BCUT2D eigenvalue weighted by atomic mass is 32.2. The van der Waals surface area contributed by atoms with Crippen LogP contribution in [0.2, 0.25) is 0 Å². The van der Waals surface area contributed by atoms with E-state index in [4.69, 9.17) is 0 Å². The molecule has 2 aliphatic heterocycles. The molecule has 6 amide bonds. The Balaban J connectivity index is 1.49. The lowest BCUT2D eigenvalue weighted by Crippen LogP contribution is -2.59. The number of likely N-dealkylation sites (tertiary alicyclic amines) is 1. The zero-order valence-corrected chi connectivity index (χ0v) is 35.0. The molecule has 13 nitrogen and oxygen atoms in total. The average molecular weight is 809 g/mol. The highest BCUT2D eigenvalue weighted by Gasteiger charge is 2.53. The van der Waals surface area contributed by atoms with Crippen LogP contribution in [0.25, 0.3) is 0 Å². The van der Waals surface area contributed by atoms with E-state index in [1.54, 1.807) is 79.8 Å². The lowest BCUT2D eigenvalue weighted by atomic mass is 9.85. The Hall–Kier alpha value is -4.37. The molecule has 2 aliphatic rings. The number of benzene rings is 2. The first-order chi connectivity index (χ1) is 26.5. The summed E-state index contributed by atoms with van der Waals surface area (Å²) in [7, 11) is 3.13. The Morgan fingerprint density at radius 1 is 0.875 bits per heavy atom. The maximum Gasteiger partial charge on any atom is 0.290 e. The molecule has 2 aromatic carbocycles. The second-order valence-electron chi connectivity index (χ2n) is 15.6. The number of thioether (sulfide) groups is 2. The lowest BCUT2D eigenvalue weighted by molar-refractivity contribution is -0.145. The minimum atomic E-state index is -1.21. The van der Waals surface area contributed by atoms with Gasteiger partial charge in [0.05, 0.1) is 22.6 Å². The van der Waals surface area contributed by atoms with E-state index in [0.717, 1.165) is 23.5 Å². The molecule has 5 atom stereocenters. The van der Waals surface area contributed by atoms with Gasteiger partial charge in [-0.1, -0.05) is 94.8 Å². The van der Waals surface area contributed by atoms with Gasteiger partial charge in [-0.25, -0.2) is 0 Å². The molecule has 0 aliphatic carbocycles. The number of hydrogen-bond donors (Lipinski definition) is 4. The molecular weight excluding hydrogens is 753 g/mol. The zero-order chi connectivity index (χ0) is 41.2. The lowest BCUT2D eigenvalue weighted by Gasteiger charge is -2.37. The highest BCUT2D eigenvalue weighted by Crippen LogP contribution is 2.50. The van der Waals surface area contributed by atoms with Crippen LogP contribution in [0, 0.1) is 5.41 Å². The van der Waals surface area contributed by atoms with Crippen molar-refractivity contribution in [2.24, 2.45) is 5.41 Å². The normalized spacial score (nSPS) is 18.5. The third-order valence-electron chi connectivity index (χ3n) is 9.96. The van der Waals surface area contributed by atoms with Crippen molar-refractivity contribution in [2.75, 3.05) is 38.7 Å². The Labute approximate surface area is 338 Å². The van der Waals surface area contributed by atoms with Crippen molar-refractivity contribution in [3.8, 4) is 0 Å². The minimum Gasteiger partial charge on any atom is -0.347 e. The molecule has 15 heteroatoms. The maximum absolute atomic E-state index is 14.6. The Kier molecular flexibility index (Phi) is 15.6. The average Bonchev–Trinajstić information content (AvgIpc) is 3.55. The van der Waals surface area contributed by atoms with Gasteiger partial charge in [-0.05, 0) is 47.8 Å². The van der Waals surface area contributed by atoms with E-state index >= 15 is 0 Å². The number of carbonyl (C=O) groups is 7. The van der Waals surface area contributed by atoms with Crippen LogP contribution in [0.3, 0.4) is 0 Å². The van der Waals surface area contributed by atoms with Crippen molar-refractivity contribution in [3.63, 3.8) is 0 Å². The minimum absolute atomic E-state index is 0.144. The van der Waals surface area contributed by atoms with E-state index < -0.39 is 75.5 Å². The van der Waals surface area contributed by atoms with E-state index in [9.17, 15) is 33.6 Å². The number of hydrogen-bond acceptors (Lipinski definition) is 9. The molecule has 304 valence electrons. The van der Waals surface area contributed by atoms with Gasteiger partial charge < -0.3 is 31.1 Å². The van der Waals surface area contributed by atoms with Crippen molar-refractivity contribution in [1.29, 1.82) is 0 Å². The van der Waals surface area contributed by atoms with Gasteiger partial charge in [-0.3, -0.25) is 33.6 Å².